The Hall–Kier alpha value is -0.650. The van der Waals surface area contributed by atoms with E-state index in [2.05, 4.69) is 13.2 Å². The van der Waals surface area contributed by atoms with Crippen molar-refractivity contribution >= 4 is 9.84 Å². The van der Waals surface area contributed by atoms with Gasteiger partial charge >= 0.3 is 0 Å². The first-order chi connectivity index (χ1) is 7.09. The molecule has 15 heavy (non-hydrogen) atoms. The lowest BCUT2D eigenvalue weighted by Gasteiger charge is -2.17. The van der Waals surface area contributed by atoms with Crippen LogP contribution in [0.5, 0.6) is 0 Å². The normalized spacial score (nSPS) is 28.8. The van der Waals surface area contributed by atoms with Crippen LogP contribution in [0, 0.1) is 0 Å². The van der Waals surface area contributed by atoms with Gasteiger partial charge in [-0.2, -0.15) is 0 Å². The summed E-state index contributed by atoms with van der Waals surface area (Å²) in [7, 11) is -3.02. The molecule has 1 saturated heterocycles. The molecule has 0 N–H and O–H groups in total. The highest BCUT2D eigenvalue weighted by Crippen LogP contribution is 2.19. The first-order valence-corrected chi connectivity index (χ1v) is 6.56. The Balaban J connectivity index is 2.56. The monoisotopic (exact) mass is 232 g/mol. The van der Waals surface area contributed by atoms with Gasteiger partial charge in [-0.1, -0.05) is 12.2 Å². The predicted octanol–water partition coefficient (Wildman–Crippen LogP) is 0.557. The first kappa shape index (κ1) is 12.4. The third kappa shape index (κ3) is 3.77. The fraction of sp³-hybridized carbons (Fsp3) is 0.600. The van der Waals surface area contributed by atoms with Crippen molar-refractivity contribution < 1.29 is 17.9 Å². The molecule has 0 spiro atoms. The van der Waals surface area contributed by atoms with E-state index >= 15 is 0 Å². The topological polar surface area (TPSA) is 52.6 Å². The molecule has 1 aliphatic heterocycles. The lowest BCUT2D eigenvalue weighted by atomic mass is 10.2. The summed E-state index contributed by atoms with van der Waals surface area (Å²) in [5.74, 6) is 0.0608. The molecule has 0 saturated carbocycles. The Bertz CT molecular complexity index is 294. The molecule has 0 radical (unpaired) electrons. The summed E-state index contributed by atoms with van der Waals surface area (Å²) < 4.78 is 33.4. The van der Waals surface area contributed by atoms with Crippen molar-refractivity contribution in [1.29, 1.82) is 0 Å². The molecule has 1 heterocycles. The van der Waals surface area contributed by atoms with Crippen LogP contribution in [-0.2, 0) is 19.3 Å². The van der Waals surface area contributed by atoms with Gasteiger partial charge in [-0.05, 0) is 0 Å². The smallest absolute Gasteiger partial charge is 0.155 e. The number of sulfone groups is 1. The van der Waals surface area contributed by atoms with Gasteiger partial charge in [-0.15, -0.1) is 13.2 Å². The average molecular weight is 232 g/mol. The van der Waals surface area contributed by atoms with Crippen molar-refractivity contribution in [3.8, 4) is 0 Å². The summed E-state index contributed by atoms with van der Waals surface area (Å²) in [4.78, 5) is 0. The Morgan fingerprint density at radius 2 is 1.47 bits per heavy atom. The molecule has 4 nitrogen and oxygen atoms in total. The summed E-state index contributed by atoms with van der Waals surface area (Å²) in [5.41, 5.74) is 0. The van der Waals surface area contributed by atoms with E-state index in [9.17, 15) is 8.42 Å². The van der Waals surface area contributed by atoms with Crippen LogP contribution in [0.2, 0.25) is 0 Å². The zero-order chi connectivity index (χ0) is 11.3. The summed E-state index contributed by atoms with van der Waals surface area (Å²) in [5, 5.41) is 0. The molecule has 0 aromatic heterocycles. The van der Waals surface area contributed by atoms with E-state index in [0.29, 0.717) is 13.2 Å². The molecule has 0 amide bonds. The van der Waals surface area contributed by atoms with Gasteiger partial charge in [0, 0.05) is 0 Å². The second-order valence-corrected chi connectivity index (χ2v) is 5.55. The van der Waals surface area contributed by atoms with Gasteiger partial charge in [0.1, 0.15) is 0 Å². The Morgan fingerprint density at radius 1 is 1.07 bits per heavy atom. The third-order valence-electron chi connectivity index (χ3n) is 2.11. The minimum atomic E-state index is -3.02. The highest BCUT2D eigenvalue weighted by Gasteiger charge is 2.38. The van der Waals surface area contributed by atoms with Crippen LogP contribution in [-0.4, -0.2) is 45.3 Å². The van der Waals surface area contributed by atoms with Crippen LogP contribution in [0.15, 0.2) is 25.3 Å². The maximum absolute atomic E-state index is 11.4. The Morgan fingerprint density at radius 3 is 1.80 bits per heavy atom. The van der Waals surface area contributed by atoms with Crippen LogP contribution < -0.4 is 0 Å². The standard InChI is InChI=1S/C10H16O4S/c1-3-5-13-9-7-15(11,12)8-10(9)14-6-4-2/h3-4,9-10H,1-2,5-8H2. The minimum Gasteiger partial charge on any atom is -0.370 e. The van der Waals surface area contributed by atoms with Crippen LogP contribution in [0.25, 0.3) is 0 Å². The average Bonchev–Trinajstić information content (AvgIpc) is 2.47. The molecule has 0 bridgehead atoms. The predicted molar refractivity (Wildman–Crippen MR) is 58.5 cm³/mol. The van der Waals surface area contributed by atoms with Crippen molar-refractivity contribution in [2.75, 3.05) is 24.7 Å². The molecule has 1 aliphatic rings. The largest absolute Gasteiger partial charge is 0.370 e. The minimum absolute atomic E-state index is 0.0304. The number of hydrogen-bond acceptors (Lipinski definition) is 4. The van der Waals surface area contributed by atoms with Crippen molar-refractivity contribution in [2.24, 2.45) is 0 Å². The highest BCUT2D eigenvalue weighted by molar-refractivity contribution is 7.91. The SMILES string of the molecule is C=CCOC1CS(=O)(=O)CC1OCC=C. The van der Waals surface area contributed by atoms with E-state index in [1.807, 2.05) is 0 Å². The second-order valence-electron chi connectivity index (χ2n) is 3.40. The molecular formula is C10H16O4S. The van der Waals surface area contributed by atoms with Crippen molar-refractivity contribution in [2.45, 2.75) is 12.2 Å². The van der Waals surface area contributed by atoms with Crippen LogP contribution in [0.4, 0.5) is 0 Å². The molecule has 0 aliphatic carbocycles. The van der Waals surface area contributed by atoms with Gasteiger partial charge in [0.2, 0.25) is 0 Å². The van der Waals surface area contributed by atoms with Gasteiger partial charge in [-0.25, -0.2) is 8.42 Å². The van der Waals surface area contributed by atoms with Gasteiger partial charge in [0.25, 0.3) is 0 Å². The summed E-state index contributed by atoms with van der Waals surface area (Å²) >= 11 is 0. The van der Waals surface area contributed by atoms with E-state index in [0.717, 1.165) is 0 Å². The van der Waals surface area contributed by atoms with E-state index in [1.165, 1.54) is 0 Å². The lowest BCUT2D eigenvalue weighted by Crippen LogP contribution is -2.30. The number of hydrogen-bond donors (Lipinski definition) is 0. The van der Waals surface area contributed by atoms with E-state index in [4.69, 9.17) is 9.47 Å². The molecule has 5 heteroatoms. The van der Waals surface area contributed by atoms with Gasteiger partial charge in [-0.3, -0.25) is 0 Å². The quantitative estimate of drug-likeness (QED) is 0.628. The molecule has 2 atom stereocenters. The number of ether oxygens (including phenoxy) is 2. The maximum Gasteiger partial charge on any atom is 0.155 e. The molecular weight excluding hydrogens is 216 g/mol. The summed E-state index contributed by atoms with van der Waals surface area (Å²) in [6.07, 6.45) is 2.42. The first-order valence-electron chi connectivity index (χ1n) is 4.74. The Kier molecular flexibility index (Phi) is 4.50. The molecule has 86 valence electrons. The van der Waals surface area contributed by atoms with E-state index in [-0.39, 0.29) is 23.7 Å². The maximum atomic E-state index is 11.4. The van der Waals surface area contributed by atoms with Crippen molar-refractivity contribution in [1.82, 2.24) is 0 Å². The fourth-order valence-corrected chi connectivity index (χ4v) is 3.24. The van der Waals surface area contributed by atoms with Crippen molar-refractivity contribution in [3.63, 3.8) is 0 Å². The molecule has 1 fully saturated rings. The van der Waals surface area contributed by atoms with Crippen molar-refractivity contribution in [3.05, 3.63) is 25.3 Å². The second kappa shape index (κ2) is 5.44. The molecule has 2 unspecified atom stereocenters. The van der Waals surface area contributed by atoms with Crippen LogP contribution in [0.3, 0.4) is 0 Å². The molecule has 0 aromatic rings. The van der Waals surface area contributed by atoms with E-state index < -0.39 is 9.84 Å². The fourth-order valence-electron chi connectivity index (χ4n) is 1.48. The van der Waals surface area contributed by atoms with E-state index in [1.54, 1.807) is 12.2 Å². The van der Waals surface area contributed by atoms with Gasteiger partial charge < -0.3 is 9.47 Å². The zero-order valence-corrected chi connectivity index (χ0v) is 9.41. The van der Waals surface area contributed by atoms with Gasteiger partial charge in [0.05, 0.1) is 36.9 Å². The molecule has 1 rings (SSSR count). The summed E-state index contributed by atoms with van der Waals surface area (Å²) in [6, 6.07) is 0. The summed E-state index contributed by atoms with van der Waals surface area (Å²) in [6.45, 7) is 7.71. The third-order valence-corrected chi connectivity index (χ3v) is 3.78. The van der Waals surface area contributed by atoms with Gasteiger partial charge in [0.15, 0.2) is 9.84 Å². The highest BCUT2D eigenvalue weighted by atomic mass is 32.2. The number of rotatable bonds is 6. The zero-order valence-electron chi connectivity index (χ0n) is 8.59. The van der Waals surface area contributed by atoms with Crippen LogP contribution >= 0.6 is 0 Å². The lowest BCUT2D eigenvalue weighted by molar-refractivity contribution is -0.0293. The molecule has 0 aromatic carbocycles. The Labute approximate surface area is 90.5 Å². The van der Waals surface area contributed by atoms with Crippen LogP contribution in [0.1, 0.15) is 0 Å².